The Morgan fingerprint density at radius 1 is 1.29 bits per heavy atom. The first kappa shape index (κ1) is 18.3. The Morgan fingerprint density at radius 2 is 2.07 bits per heavy atom. The van der Waals surface area contributed by atoms with E-state index in [4.69, 9.17) is 9.15 Å². The second-order valence-corrected chi connectivity index (χ2v) is 7.01. The highest BCUT2D eigenvalue weighted by molar-refractivity contribution is 5.93. The van der Waals surface area contributed by atoms with Gasteiger partial charge in [-0.3, -0.25) is 9.48 Å². The number of para-hydroxylation sites is 1. The van der Waals surface area contributed by atoms with Gasteiger partial charge in [0.2, 0.25) is 0 Å². The van der Waals surface area contributed by atoms with Gasteiger partial charge in [0, 0.05) is 12.1 Å². The van der Waals surface area contributed by atoms with Gasteiger partial charge in [0.1, 0.15) is 18.1 Å². The minimum absolute atomic E-state index is 0.144. The number of carbonyl (C=O) groups excluding carboxylic acids is 1. The lowest BCUT2D eigenvalue weighted by Crippen LogP contribution is -2.38. The van der Waals surface area contributed by atoms with E-state index >= 15 is 0 Å². The summed E-state index contributed by atoms with van der Waals surface area (Å²) in [6.45, 7) is 5.39. The maximum absolute atomic E-state index is 13.0. The fraction of sp³-hybridized carbons (Fsp3) is 0.333. The maximum Gasteiger partial charge on any atom is 0.290 e. The molecule has 0 saturated heterocycles. The van der Waals surface area contributed by atoms with Crippen LogP contribution in [0.25, 0.3) is 0 Å². The van der Waals surface area contributed by atoms with Gasteiger partial charge in [-0.05, 0) is 38.1 Å². The summed E-state index contributed by atoms with van der Waals surface area (Å²) in [7, 11) is 0. The van der Waals surface area contributed by atoms with Gasteiger partial charge >= 0.3 is 0 Å². The molecule has 1 N–H and O–H groups in total. The Balaban J connectivity index is 1.45. The first-order valence-electron chi connectivity index (χ1n) is 9.32. The van der Waals surface area contributed by atoms with Crippen LogP contribution >= 0.6 is 0 Å². The molecule has 1 amide bonds. The van der Waals surface area contributed by atoms with Crippen molar-refractivity contribution < 1.29 is 19.1 Å². The van der Waals surface area contributed by atoms with Crippen molar-refractivity contribution in [2.24, 2.45) is 0 Å². The number of rotatable bonds is 5. The lowest BCUT2D eigenvalue weighted by molar-refractivity contribution is 0.0668. The normalized spacial score (nSPS) is 14.6. The SMILES string of the molecule is Cc1cc(COc2ccccc2)oc1C(=O)N1CCn2nc([C@H](C)O)cc2C1. The molecule has 0 unspecified atom stereocenters. The van der Waals surface area contributed by atoms with Crippen molar-refractivity contribution in [2.75, 3.05) is 6.54 Å². The predicted octanol–water partition coefficient (Wildman–Crippen LogP) is 3.07. The first-order valence-corrected chi connectivity index (χ1v) is 9.32. The molecule has 0 spiro atoms. The number of furan rings is 1. The zero-order valence-electron chi connectivity index (χ0n) is 16.0. The van der Waals surface area contributed by atoms with Gasteiger partial charge in [-0.15, -0.1) is 0 Å². The minimum atomic E-state index is -0.623. The Morgan fingerprint density at radius 3 is 2.82 bits per heavy atom. The summed E-state index contributed by atoms with van der Waals surface area (Å²) in [5, 5.41) is 14.1. The van der Waals surface area contributed by atoms with Crippen LogP contribution < -0.4 is 4.74 Å². The van der Waals surface area contributed by atoms with E-state index in [1.54, 1.807) is 11.8 Å². The van der Waals surface area contributed by atoms with E-state index in [0.717, 1.165) is 17.0 Å². The Hall–Kier alpha value is -3.06. The molecule has 0 fully saturated rings. The third kappa shape index (κ3) is 3.66. The lowest BCUT2D eigenvalue weighted by atomic mass is 10.2. The van der Waals surface area contributed by atoms with E-state index in [-0.39, 0.29) is 12.5 Å². The van der Waals surface area contributed by atoms with Crippen LogP contribution in [0.3, 0.4) is 0 Å². The molecular weight excluding hydrogens is 358 g/mol. The number of aliphatic hydroxyl groups excluding tert-OH is 1. The molecule has 7 nitrogen and oxygen atoms in total. The van der Waals surface area contributed by atoms with E-state index in [2.05, 4.69) is 5.10 Å². The molecule has 3 heterocycles. The zero-order valence-corrected chi connectivity index (χ0v) is 16.0. The number of aliphatic hydroxyl groups is 1. The Labute approximate surface area is 163 Å². The summed E-state index contributed by atoms with van der Waals surface area (Å²) >= 11 is 0. The summed E-state index contributed by atoms with van der Waals surface area (Å²) in [5.41, 5.74) is 2.33. The molecule has 0 saturated carbocycles. The van der Waals surface area contributed by atoms with Gasteiger partial charge in [-0.25, -0.2) is 0 Å². The van der Waals surface area contributed by atoms with Crippen molar-refractivity contribution in [2.45, 2.75) is 39.6 Å². The summed E-state index contributed by atoms with van der Waals surface area (Å²) in [6, 6.07) is 13.2. The quantitative estimate of drug-likeness (QED) is 0.735. The smallest absolute Gasteiger partial charge is 0.290 e. The Bertz CT molecular complexity index is 975. The zero-order chi connectivity index (χ0) is 19.7. The molecule has 1 aromatic carbocycles. The van der Waals surface area contributed by atoms with Gasteiger partial charge in [0.05, 0.1) is 30.6 Å². The number of aryl methyl sites for hydroxylation is 1. The van der Waals surface area contributed by atoms with Crippen LogP contribution in [0, 0.1) is 6.92 Å². The van der Waals surface area contributed by atoms with Gasteiger partial charge in [0.25, 0.3) is 5.91 Å². The topological polar surface area (TPSA) is 80.7 Å². The minimum Gasteiger partial charge on any atom is -0.486 e. The van der Waals surface area contributed by atoms with E-state index in [9.17, 15) is 9.90 Å². The van der Waals surface area contributed by atoms with Crippen molar-refractivity contribution in [3.8, 4) is 5.75 Å². The molecule has 7 heteroatoms. The van der Waals surface area contributed by atoms with Gasteiger partial charge in [0.15, 0.2) is 5.76 Å². The van der Waals surface area contributed by atoms with Crippen LogP contribution in [-0.4, -0.2) is 32.2 Å². The second kappa shape index (κ2) is 7.52. The number of fused-ring (bicyclic) bond motifs is 1. The number of amides is 1. The molecule has 1 aliphatic rings. The number of aromatic nitrogens is 2. The highest BCUT2D eigenvalue weighted by atomic mass is 16.5. The molecular formula is C21H23N3O4. The number of hydrogen-bond donors (Lipinski definition) is 1. The third-order valence-electron chi connectivity index (χ3n) is 4.82. The van der Waals surface area contributed by atoms with E-state index in [1.165, 1.54) is 0 Å². The summed E-state index contributed by atoms with van der Waals surface area (Å²) in [6.07, 6.45) is -0.623. The number of benzene rings is 1. The van der Waals surface area contributed by atoms with Crippen LogP contribution in [0.15, 0.2) is 46.9 Å². The standard InChI is InChI=1S/C21H23N3O4/c1-14-10-18(13-27-17-6-4-3-5-7-17)28-20(14)21(26)23-8-9-24-16(12-23)11-19(22-24)15(2)25/h3-7,10-11,15,25H,8-9,12-13H2,1-2H3/t15-/m0/s1. The number of ether oxygens (including phenoxy) is 1. The highest BCUT2D eigenvalue weighted by Crippen LogP contribution is 2.23. The summed E-state index contributed by atoms with van der Waals surface area (Å²) < 4.78 is 13.4. The summed E-state index contributed by atoms with van der Waals surface area (Å²) in [5.74, 6) is 1.57. The molecule has 3 aromatic rings. The fourth-order valence-electron chi connectivity index (χ4n) is 3.31. The average molecular weight is 381 g/mol. The molecule has 4 rings (SSSR count). The van der Waals surface area contributed by atoms with Crippen LogP contribution in [-0.2, 0) is 19.7 Å². The molecule has 2 aromatic heterocycles. The van der Waals surface area contributed by atoms with Crippen LogP contribution in [0.1, 0.15) is 46.3 Å². The first-order chi connectivity index (χ1) is 13.5. The number of nitrogens with zero attached hydrogens (tertiary/aromatic N) is 3. The van der Waals surface area contributed by atoms with E-state index in [1.807, 2.05) is 54.1 Å². The second-order valence-electron chi connectivity index (χ2n) is 7.01. The highest BCUT2D eigenvalue weighted by Gasteiger charge is 2.27. The third-order valence-corrected chi connectivity index (χ3v) is 4.82. The fourth-order valence-corrected chi connectivity index (χ4v) is 3.31. The maximum atomic E-state index is 13.0. The lowest BCUT2D eigenvalue weighted by Gasteiger charge is -2.27. The monoisotopic (exact) mass is 381 g/mol. The average Bonchev–Trinajstić information content (AvgIpc) is 3.29. The molecule has 0 bridgehead atoms. The summed E-state index contributed by atoms with van der Waals surface area (Å²) in [4.78, 5) is 14.7. The molecule has 1 aliphatic heterocycles. The molecule has 0 radical (unpaired) electrons. The van der Waals surface area contributed by atoms with Gasteiger partial charge in [-0.1, -0.05) is 18.2 Å². The molecule has 0 aliphatic carbocycles. The van der Waals surface area contributed by atoms with Crippen LogP contribution in [0.2, 0.25) is 0 Å². The molecule has 28 heavy (non-hydrogen) atoms. The Kier molecular flexibility index (Phi) is 4.92. The van der Waals surface area contributed by atoms with Crippen LogP contribution in [0.4, 0.5) is 0 Å². The molecule has 1 atom stereocenters. The van der Waals surface area contributed by atoms with Crippen molar-refractivity contribution in [1.29, 1.82) is 0 Å². The van der Waals surface area contributed by atoms with Gasteiger partial charge < -0.3 is 19.2 Å². The van der Waals surface area contributed by atoms with Crippen molar-refractivity contribution in [3.63, 3.8) is 0 Å². The van der Waals surface area contributed by atoms with Crippen molar-refractivity contribution in [1.82, 2.24) is 14.7 Å². The van der Waals surface area contributed by atoms with Gasteiger partial charge in [-0.2, -0.15) is 5.10 Å². The predicted molar refractivity (Wildman–Crippen MR) is 102 cm³/mol. The van der Waals surface area contributed by atoms with Crippen LogP contribution in [0.5, 0.6) is 5.75 Å². The number of hydrogen-bond acceptors (Lipinski definition) is 5. The van der Waals surface area contributed by atoms with Crippen molar-refractivity contribution >= 4 is 5.91 Å². The van der Waals surface area contributed by atoms with E-state index in [0.29, 0.717) is 36.8 Å². The largest absolute Gasteiger partial charge is 0.486 e. The van der Waals surface area contributed by atoms with Crippen molar-refractivity contribution in [3.05, 3.63) is 70.9 Å². The van der Waals surface area contributed by atoms with E-state index < -0.39 is 6.10 Å². The molecule has 146 valence electrons. The number of carbonyl (C=O) groups is 1.